The maximum absolute atomic E-state index is 13.9. The highest BCUT2D eigenvalue weighted by molar-refractivity contribution is 7.92. The minimum atomic E-state index is -2.32. The normalized spacial score (nSPS) is 16.2. The van der Waals surface area contributed by atoms with E-state index in [-0.39, 0.29) is 17.5 Å². The summed E-state index contributed by atoms with van der Waals surface area (Å²) in [4.78, 5) is 8.86. The quantitative estimate of drug-likeness (QED) is 0.570. The minimum absolute atomic E-state index is 0.127. The van der Waals surface area contributed by atoms with Crippen LogP contribution in [0.25, 0.3) is 11.3 Å². The van der Waals surface area contributed by atoms with Gasteiger partial charge in [-0.05, 0) is 55.7 Å². The Morgan fingerprint density at radius 2 is 2.03 bits per heavy atom. The topological polar surface area (TPSA) is 99.7 Å². The molecule has 0 amide bonds. The minimum Gasteiger partial charge on any atom is -0.493 e. The number of benzene rings is 2. The summed E-state index contributed by atoms with van der Waals surface area (Å²) in [5, 5.41) is 0. The number of hydrogen-bond acceptors (Lipinski definition) is 7. The first-order chi connectivity index (χ1) is 15.2. The van der Waals surface area contributed by atoms with Gasteiger partial charge >= 0.3 is 0 Å². The molecule has 1 aromatic heterocycles. The lowest BCUT2D eigenvalue weighted by molar-refractivity contribution is 0.208. The Kier molecular flexibility index (Phi) is 6.01. The monoisotopic (exact) mass is 456 g/mol. The zero-order valence-electron chi connectivity index (χ0n) is 18.2. The zero-order chi connectivity index (χ0) is 22.9. The molecule has 32 heavy (non-hydrogen) atoms. The van der Waals surface area contributed by atoms with E-state index in [9.17, 15) is 8.60 Å². The lowest BCUT2D eigenvalue weighted by atomic mass is 10.00. The fraction of sp³-hybridized carbons (Fsp3) is 0.304. The second-order valence-corrected chi connectivity index (χ2v) is 10.5. The van der Waals surface area contributed by atoms with Crippen molar-refractivity contribution in [2.24, 2.45) is 4.36 Å². The lowest BCUT2D eigenvalue weighted by Gasteiger charge is -2.19. The number of rotatable bonds is 1. The van der Waals surface area contributed by atoms with E-state index >= 15 is 0 Å². The summed E-state index contributed by atoms with van der Waals surface area (Å²) in [5.41, 5.74) is 9.58. The van der Waals surface area contributed by atoms with E-state index in [4.69, 9.17) is 15.2 Å². The van der Waals surface area contributed by atoms with Crippen LogP contribution in [0.15, 0.2) is 47.0 Å². The highest BCUT2D eigenvalue weighted by atomic mass is 32.2. The van der Waals surface area contributed by atoms with Gasteiger partial charge in [-0.25, -0.2) is 18.6 Å². The maximum Gasteiger partial charge on any atom is 0.258 e. The molecule has 4 rings (SSSR count). The SMILES string of the molecule is C[C@H]1Oc2nc(cnc2N)-c2cc(N=S(C)(C)=O)ccc2CCCOc2ccc(F)cc21. The van der Waals surface area contributed by atoms with Gasteiger partial charge in [0.15, 0.2) is 5.82 Å². The van der Waals surface area contributed by atoms with Gasteiger partial charge in [0.2, 0.25) is 0 Å². The molecular weight excluding hydrogens is 431 g/mol. The van der Waals surface area contributed by atoms with Crippen molar-refractivity contribution in [1.29, 1.82) is 0 Å². The molecule has 2 aromatic carbocycles. The molecule has 0 unspecified atom stereocenters. The molecule has 168 valence electrons. The third-order valence-corrected chi connectivity index (χ3v) is 5.66. The lowest BCUT2D eigenvalue weighted by Crippen LogP contribution is -2.10. The summed E-state index contributed by atoms with van der Waals surface area (Å²) in [5.74, 6) is 0.442. The van der Waals surface area contributed by atoms with Crippen LogP contribution in [0.2, 0.25) is 0 Å². The fourth-order valence-electron chi connectivity index (χ4n) is 3.57. The predicted molar refractivity (Wildman–Crippen MR) is 123 cm³/mol. The Labute approximate surface area is 187 Å². The van der Waals surface area contributed by atoms with Gasteiger partial charge in [0.25, 0.3) is 5.88 Å². The van der Waals surface area contributed by atoms with E-state index < -0.39 is 15.8 Å². The van der Waals surface area contributed by atoms with Gasteiger partial charge < -0.3 is 15.2 Å². The summed E-state index contributed by atoms with van der Waals surface area (Å²) >= 11 is 0. The van der Waals surface area contributed by atoms with Crippen molar-refractivity contribution < 1.29 is 18.1 Å². The Morgan fingerprint density at radius 1 is 1.22 bits per heavy atom. The van der Waals surface area contributed by atoms with Crippen LogP contribution < -0.4 is 15.2 Å². The van der Waals surface area contributed by atoms with E-state index in [0.717, 1.165) is 17.5 Å². The first-order valence-electron chi connectivity index (χ1n) is 10.2. The molecule has 0 saturated heterocycles. The van der Waals surface area contributed by atoms with Crippen LogP contribution in [-0.2, 0) is 16.1 Å². The van der Waals surface area contributed by atoms with Crippen molar-refractivity contribution in [3.8, 4) is 22.9 Å². The number of aryl methyl sites for hydroxylation is 1. The van der Waals surface area contributed by atoms with E-state index in [1.807, 2.05) is 18.2 Å². The number of hydrogen-bond donors (Lipinski definition) is 1. The first-order valence-corrected chi connectivity index (χ1v) is 12.5. The van der Waals surface area contributed by atoms with Crippen molar-refractivity contribution in [3.05, 3.63) is 59.5 Å². The highest BCUT2D eigenvalue weighted by Gasteiger charge is 2.20. The zero-order valence-corrected chi connectivity index (χ0v) is 19.0. The number of ether oxygens (including phenoxy) is 2. The molecule has 9 heteroatoms. The molecule has 2 heterocycles. The maximum atomic E-state index is 13.9. The molecule has 0 aliphatic carbocycles. The van der Waals surface area contributed by atoms with E-state index in [2.05, 4.69) is 14.3 Å². The largest absolute Gasteiger partial charge is 0.493 e. The molecule has 2 bridgehead atoms. The average molecular weight is 457 g/mol. The molecule has 1 atom stereocenters. The number of nitrogens with zero attached hydrogens (tertiary/aromatic N) is 3. The van der Waals surface area contributed by atoms with Crippen LogP contribution in [0.5, 0.6) is 11.6 Å². The summed E-state index contributed by atoms with van der Waals surface area (Å²) in [6.07, 6.45) is 5.61. The summed E-state index contributed by atoms with van der Waals surface area (Å²) in [7, 11) is -2.32. The Balaban J connectivity index is 1.84. The van der Waals surface area contributed by atoms with Gasteiger partial charge in [0.1, 0.15) is 17.7 Å². The summed E-state index contributed by atoms with van der Waals surface area (Å²) in [6.45, 7) is 2.22. The number of anilines is 1. The Morgan fingerprint density at radius 3 is 2.81 bits per heavy atom. The Hall–Kier alpha value is -3.20. The second-order valence-electron chi connectivity index (χ2n) is 7.95. The van der Waals surface area contributed by atoms with Gasteiger partial charge in [-0.3, -0.25) is 0 Å². The van der Waals surface area contributed by atoms with Crippen LogP contribution in [0.4, 0.5) is 15.9 Å². The van der Waals surface area contributed by atoms with Crippen molar-refractivity contribution in [2.45, 2.75) is 25.9 Å². The van der Waals surface area contributed by atoms with Crippen molar-refractivity contribution in [1.82, 2.24) is 9.97 Å². The number of halogens is 1. The van der Waals surface area contributed by atoms with E-state index in [1.54, 1.807) is 31.7 Å². The number of fused-ring (bicyclic) bond motifs is 5. The molecular formula is C23H25FN4O3S. The van der Waals surface area contributed by atoms with Gasteiger partial charge in [-0.1, -0.05) is 6.07 Å². The smallest absolute Gasteiger partial charge is 0.258 e. The molecule has 0 spiro atoms. The molecule has 0 radical (unpaired) electrons. The van der Waals surface area contributed by atoms with Gasteiger partial charge in [0, 0.05) is 33.4 Å². The molecule has 1 aliphatic rings. The molecule has 7 nitrogen and oxygen atoms in total. The van der Waals surface area contributed by atoms with E-state index in [1.165, 1.54) is 12.1 Å². The molecule has 3 aromatic rings. The number of aromatic nitrogens is 2. The molecule has 0 fully saturated rings. The van der Waals surface area contributed by atoms with E-state index in [0.29, 0.717) is 35.7 Å². The average Bonchev–Trinajstić information content (AvgIpc) is 2.73. The van der Waals surface area contributed by atoms with Gasteiger partial charge in [-0.2, -0.15) is 4.36 Å². The van der Waals surface area contributed by atoms with Crippen LogP contribution in [0.3, 0.4) is 0 Å². The van der Waals surface area contributed by atoms with Gasteiger partial charge in [0.05, 0.1) is 24.2 Å². The number of nitrogen functional groups attached to an aromatic ring is 1. The molecule has 2 N–H and O–H groups in total. The summed E-state index contributed by atoms with van der Waals surface area (Å²) in [6, 6.07) is 9.99. The predicted octanol–water partition coefficient (Wildman–Crippen LogP) is 4.69. The van der Waals surface area contributed by atoms with Crippen LogP contribution in [0, 0.1) is 5.82 Å². The second kappa shape index (κ2) is 8.74. The van der Waals surface area contributed by atoms with Crippen LogP contribution >= 0.6 is 0 Å². The number of nitrogens with two attached hydrogens (primary N) is 1. The fourth-order valence-corrected chi connectivity index (χ4v) is 4.19. The van der Waals surface area contributed by atoms with Crippen molar-refractivity contribution in [3.63, 3.8) is 0 Å². The molecule has 1 aliphatic heterocycles. The highest BCUT2D eigenvalue weighted by Crippen LogP contribution is 2.34. The standard InChI is InChI=1S/C23H25FN4O3S/c1-14-18-11-16(24)7-9-21(18)30-10-4-5-15-6-8-17(28-32(2,3)29)12-19(15)20-13-26-22(25)23(27-20)31-14/h6-9,11-14H,4-5,10H2,1-3H3,(H2,25,26)/t14-/m1/s1. The van der Waals surface area contributed by atoms with Crippen molar-refractivity contribution in [2.75, 3.05) is 24.9 Å². The third-order valence-electron chi connectivity index (χ3n) is 5.01. The van der Waals surface area contributed by atoms with Crippen LogP contribution in [-0.4, -0.2) is 33.3 Å². The van der Waals surface area contributed by atoms with Crippen molar-refractivity contribution >= 4 is 21.2 Å². The summed E-state index contributed by atoms with van der Waals surface area (Å²) < 4.78 is 42.4. The van der Waals surface area contributed by atoms with Crippen LogP contribution in [0.1, 0.15) is 30.6 Å². The Bertz CT molecular complexity index is 1280. The first kappa shape index (κ1) is 22.0. The molecule has 0 saturated carbocycles. The third kappa shape index (κ3) is 4.99. The van der Waals surface area contributed by atoms with Gasteiger partial charge in [-0.15, -0.1) is 0 Å².